The van der Waals surface area contributed by atoms with Gasteiger partial charge < -0.3 is 9.84 Å². The fourth-order valence-electron chi connectivity index (χ4n) is 1.67. The molecule has 0 saturated heterocycles. The molecule has 1 aromatic rings. The van der Waals surface area contributed by atoms with Crippen LogP contribution in [0.1, 0.15) is 24.4 Å². The summed E-state index contributed by atoms with van der Waals surface area (Å²) in [5.41, 5.74) is 0.450. The average Bonchev–Trinajstić information content (AvgIpc) is 2.44. The molecule has 0 amide bonds. The number of nitrogens with one attached hydrogen (secondary N) is 1. The van der Waals surface area contributed by atoms with Crippen LogP contribution in [-0.2, 0) is 24.3 Å². The van der Waals surface area contributed by atoms with Gasteiger partial charge in [0.05, 0.1) is 12.9 Å². The maximum absolute atomic E-state index is 11.9. The van der Waals surface area contributed by atoms with Gasteiger partial charge in [-0.15, -0.1) is 0 Å². The molecular formula is C13H17NO6S. The van der Waals surface area contributed by atoms with Gasteiger partial charge in [0.15, 0.2) is 0 Å². The Morgan fingerprint density at radius 3 is 2.43 bits per heavy atom. The number of hydrogen-bond acceptors (Lipinski definition) is 5. The van der Waals surface area contributed by atoms with E-state index in [9.17, 15) is 18.0 Å². The van der Waals surface area contributed by atoms with Gasteiger partial charge in [0.2, 0.25) is 10.0 Å². The molecule has 0 aromatic heterocycles. The van der Waals surface area contributed by atoms with Gasteiger partial charge >= 0.3 is 11.9 Å². The van der Waals surface area contributed by atoms with Gasteiger partial charge in [-0.25, -0.2) is 13.2 Å². The molecule has 0 spiro atoms. The first kappa shape index (κ1) is 17.1. The molecule has 0 radical (unpaired) electrons. The first-order valence-corrected chi connectivity index (χ1v) is 7.85. The first-order chi connectivity index (χ1) is 9.85. The smallest absolute Gasteiger partial charge is 0.328 e. The number of hydrogen-bond donors (Lipinski definition) is 2. The molecular weight excluding hydrogens is 298 g/mol. The number of carbonyl (C=O) groups is 2. The monoisotopic (exact) mass is 315 g/mol. The summed E-state index contributed by atoms with van der Waals surface area (Å²) in [6.07, 6.45) is -0.289. The van der Waals surface area contributed by atoms with Crippen molar-refractivity contribution in [1.29, 1.82) is 0 Å². The molecule has 0 aliphatic rings. The van der Waals surface area contributed by atoms with Crippen molar-refractivity contribution in [3.05, 3.63) is 35.9 Å². The van der Waals surface area contributed by atoms with Crippen molar-refractivity contribution < 1.29 is 27.9 Å². The Hall–Kier alpha value is -1.93. The minimum atomic E-state index is -3.79. The van der Waals surface area contributed by atoms with Crippen LogP contribution in [0.5, 0.6) is 0 Å². The largest absolute Gasteiger partial charge is 0.481 e. The molecule has 1 unspecified atom stereocenters. The zero-order valence-electron chi connectivity index (χ0n) is 11.5. The number of ether oxygens (including phenoxy) is 1. The molecule has 1 rings (SSSR count). The minimum Gasteiger partial charge on any atom is -0.481 e. The van der Waals surface area contributed by atoms with E-state index in [4.69, 9.17) is 5.11 Å². The van der Waals surface area contributed by atoms with E-state index in [1.54, 1.807) is 30.3 Å². The lowest BCUT2D eigenvalue weighted by Gasteiger charge is -2.16. The predicted octanol–water partition coefficient (Wildman–Crippen LogP) is 0.685. The van der Waals surface area contributed by atoms with Crippen LogP contribution >= 0.6 is 0 Å². The summed E-state index contributed by atoms with van der Waals surface area (Å²) in [5, 5.41) is 8.51. The van der Waals surface area contributed by atoms with Crippen LogP contribution in [0, 0.1) is 0 Å². The highest BCUT2D eigenvalue weighted by molar-refractivity contribution is 7.89. The molecule has 0 heterocycles. The lowest BCUT2D eigenvalue weighted by Crippen LogP contribution is -2.36. The summed E-state index contributed by atoms with van der Waals surface area (Å²) >= 11 is 0. The summed E-state index contributed by atoms with van der Waals surface area (Å²) in [5.74, 6) is -2.18. The number of carboxylic acid groups (broad SMARTS) is 1. The Balaban J connectivity index is 2.82. The minimum absolute atomic E-state index is 0.0344. The highest BCUT2D eigenvalue weighted by Gasteiger charge is 2.26. The molecule has 21 heavy (non-hydrogen) atoms. The van der Waals surface area contributed by atoms with E-state index in [1.807, 2.05) is 0 Å². The van der Waals surface area contributed by atoms with Crippen molar-refractivity contribution in [1.82, 2.24) is 4.72 Å². The second kappa shape index (κ2) is 7.75. The number of carbonyl (C=O) groups excluding carboxylic acids is 1. The van der Waals surface area contributed by atoms with E-state index >= 15 is 0 Å². The van der Waals surface area contributed by atoms with Crippen molar-refractivity contribution >= 4 is 22.0 Å². The Bertz CT molecular complexity index is 584. The fourth-order valence-corrected chi connectivity index (χ4v) is 2.90. The lowest BCUT2D eigenvalue weighted by molar-refractivity contribution is -0.142. The molecule has 2 N–H and O–H groups in total. The predicted molar refractivity (Wildman–Crippen MR) is 75.0 cm³/mol. The van der Waals surface area contributed by atoms with Crippen LogP contribution < -0.4 is 4.72 Å². The van der Waals surface area contributed by atoms with E-state index in [-0.39, 0.29) is 18.6 Å². The second-order valence-electron chi connectivity index (χ2n) is 4.30. The van der Waals surface area contributed by atoms with E-state index in [2.05, 4.69) is 9.46 Å². The zero-order valence-corrected chi connectivity index (χ0v) is 12.3. The highest BCUT2D eigenvalue weighted by atomic mass is 32.2. The summed E-state index contributed by atoms with van der Waals surface area (Å²) < 4.78 is 30.6. The standard InChI is InChI=1S/C13H17NO6S/c1-20-13(17)12(10-6-3-2-4-7-10)14-21(18,19)9-5-8-11(15)16/h2-4,6-7,12,14H,5,8-9H2,1H3,(H,15,16). The third-order valence-corrected chi connectivity index (χ3v) is 4.09. The van der Waals surface area contributed by atoms with Crippen molar-refractivity contribution in [3.8, 4) is 0 Å². The van der Waals surface area contributed by atoms with Gasteiger partial charge in [-0.2, -0.15) is 4.72 Å². The lowest BCUT2D eigenvalue weighted by atomic mass is 10.1. The van der Waals surface area contributed by atoms with Gasteiger partial charge in [-0.05, 0) is 12.0 Å². The molecule has 1 aromatic carbocycles. The number of aliphatic carboxylic acids is 1. The van der Waals surface area contributed by atoms with Gasteiger partial charge in [0.25, 0.3) is 0 Å². The van der Waals surface area contributed by atoms with E-state index in [1.165, 1.54) is 0 Å². The quantitative estimate of drug-likeness (QED) is 0.683. The molecule has 7 nitrogen and oxygen atoms in total. The van der Waals surface area contributed by atoms with Gasteiger partial charge in [0.1, 0.15) is 6.04 Å². The van der Waals surface area contributed by atoms with E-state index < -0.39 is 28.0 Å². The summed E-state index contributed by atoms with van der Waals surface area (Å²) in [7, 11) is -2.63. The third-order valence-electron chi connectivity index (χ3n) is 2.67. The maximum atomic E-state index is 11.9. The maximum Gasteiger partial charge on any atom is 0.328 e. The number of benzene rings is 1. The SMILES string of the molecule is COC(=O)C(NS(=O)(=O)CCCC(=O)O)c1ccccc1. The van der Waals surface area contributed by atoms with Crippen LogP contribution in [0.3, 0.4) is 0 Å². The van der Waals surface area contributed by atoms with Crippen molar-refractivity contribution in [2.75, 3.05) is 12.9 Å². The van der Waals surface area contributed by atoms with Crippen LogP contribution in [-0.4, -0.2) is 38.3 Å². The molecule has 1 atom stereocenters. The Labute approximate surface area is 123 Å². The molecule has 116 valence electrons. The Morgan fingerprint density at radius 2 is 1.90 bits per heavy atom. The summed E-state index contributed by atoms with van der Waals surface area (Å²) in [6.45, 7) is 0. The van der Waals surface area contributed by atoms with Crippen molar-refractivity contribution in [2.24, 2.45) is 0 Å². The number of sulfonamides is 1. The Kier molecular flexibility index (Phi) is 6.32. The number of methoxy groups -OCH3 is 1. The number of carboxylic acids is 1. The van der Waals surface area contributed by atoms with Gasteiger partial charge in [0, 0.05) is 6.42 Å². The van der Waals surface area contributed by atoms with Crippen molar-refractivity contribution in [2.45, 2.75) is 18.9 Å². The van der Waals surface area contributed by atoms with Crippen LogP contribution in [0.2, 0.25) is 0 Å². The van der Waals surface area contributed by atoms with Crippen LogP contribution in [0.15, 0.2) is 30.3 Å². The summed E-state index contributed by atoms with van der Waals surface area (Å²) in [4.78, 5) is 22.1. The van der Waals surface area contributed by atoms with E-state index in [0.29, 0.717) is 5.56 Å². The number of esters is 1. The molecule has 0 aliphatic heterocycles. The highest BCUT2D eigenvalue weighted by Crippen LogP contribution is 2.15. The molecule has 8 heteroatoms. The average molecular weight is 315 g/mol. The molecule has 0 saturated carbocycles. The van der Waals surface area contributed by atoms with Gasteiger partial charge in [-0.1, -0.05) is 30.3 Å². The third kappa shape index (κ3) is 5.92. The second-order valence-corrected chi connectivity index (χ2v) is 6.17. The normalized spacial score (nSPS) is 12.6. The molecule has 0 bridgehead atoms. The molecule has 0 fully saturated rings. The van der Waals surface area contributed by atoms with Gasteiger partial charge in [-0.3, -0.25) is 4.79 Å². The fraction of sp³-hybridized carbons (Fsp3) is 0.385. The first-order valence-electron chi connectivity index (χ1n) is 6.20. The van der Waals surface area contributed by atoms with Crippen LogP contribution in [0.4, 0.5) is 0 Å². The Morgan fingerprint density at radius 1 is 1.29 bits per heavy atom. The van der Waals surface area contributed by atoms with Crippen molar-refractivity contribution in [3.63, 3.8) is 0 Å². The number of rotatable bonds is 8. The summed E-state index contributed by atoms with van der Waals surface area (Å²) in [6, 6.07) is 7.13. The van der Waals surface area contributed by atoms with Crippen LogP contribution in [0.25, 0.3) is 0 Å². The zero-order chi connectivity index (χ0) is 15.9. The topological polar surface area (TPSA) is 110 Å². The van der Waals surface area contributed by atoms with E-state index in [0.717, 1.165) is 7.11 Å². The molecule has 0 aliphatic carbocycles.